The van der Waals surface area contributed by atoms with Gasteiger partial charge in [0.25, 0.3) is 5.91 Å². The van der Waals surface area contributed by atoms with Gasteiger partial charge in [-0.05, 0) is 42.5 Å². The van der Waals surface area contributed by atoms with Crippen molar-refractivity contribution in [3.63, 3.8) is 0 Å². The number of amides is 2. The number of nitrogens with one attached hydrogen (secondary N) is 1. The summed E-state index contributed by atoms with van der Waals surface area (Å²) in [5.41, 5.74) is 2.49. The summed E-state index contributed by atoms with van der Waals surface area (Å²) in [5.74, 6) is 0.0681. The summed E-state index contributed by atoms with van der Waals surface area (Å²) in [4.78, 5) is 31.3. The van der Waals surface area contributed by atoms with Crippen molar-refractivity contribution >= 4 is 11.8 Å². The van der Waals surface area contributed by atoms with Gasteiger partial charge in [0.1, 0.15) is 5.69 Å². The number of fused-ring (bicyclic) bond motifs is 1. The smallest absolute Gasteiger partial charge is 0.272 e. The first kappa shape index (κ1) is 15.8. The number of carbonyl (C=O) groups is 2. The summed E-state index contributed by atoms with van der Waals surface area (Å²) in [6, 6.07) is 13.6. The molecular formula is C20H21N3O2. The van der Waals surface area contributed by atoms with Crippen molar-refractivity contribution in [1.29, 1.82) is 0 Å². The van der Waals surface area contributed by atoms with Gasteiger partial charge < -0.3 is 10.2 Å². The molecule has 2 aliphatic rings. The molecule has 1 fully saturated rings. The van der Waals surface area contributed by atoms with Gasteiger partial charge in [0.15, 0.2) is 0 Å². The maximum atomic E-state index is 12.8. The number of carbonyl (C=O) groups excluding carboxylic acids is 2. The molecule has 0 aliphatic carbocycles. The fourth-order valence-electron chi connectivity index (χ4n) is 3.90. The van der Waals surface area contributed by atoms with Gasteiger partial charge in [-0.3, -0.25) is 14.6 Å². The van der Waals surface area contributed by atoms with Gasteiger partial charge >= 0.3 is 0 Å². The first-order chi connectivity index (χ1) is 12.2. The second kappa shape index (κ2) is 6.31. The van der Waals surface area contributed by atoms with Crippen LogP contribution in [0.25, 0.3) is 0 Å². The Kier molecular flexibility index (Phi) is 3.99. The average Bonchev–Trinajstić information content (AvgIpc) is 2.80. The number of benzene rings is 1. The lowest BCUT2D eigenvalue weighted by molar-refractivity contribution is -0.133. The molecular weight excluding hydrogens is 314 g/mol. The number of hydrogen-bond acceptors (Lipinski definition) is 3. The molecule has 0 unspecified atom stereocenters. The summed E-state index contributed by atoms with van der Waals surface area (Å²) in [6.45, 7) is 1.77. The lowest BCUT2D eigenvalue weighted by Crippen LogP contribution is -2.50. The molecule has 5 nitrogen and oxygen atoms in total. The van der Waals surface area contributed by atoms with Gasteiger partial charge in [-0.15, -0.1) is 0 Å². The Bertz CT molecular complexity index is 796. The molecule has 2 aliphatic heterocycles. The van der Waals surface area contributed by atoms with Crippen LogP contribution < -0.4 is 5.32 Å². The van der Waals surface area contributed by atoms with Crippen molar-refractivity contribution in [2.24, 2.45) is 5.41 Å². The molecule has 1 spiro atoms. The van der Waals surface area contributed by atoms with Crippen LogP contribution in [0.5, 0.6) is 0 Å². The Hall–Kier alpha value is -2.69. The highest BCUT2D eigenvalue weighted by Crippen LogP contribution is 2.38. The molecule has 1 aromatic carbocycles. The third-order valence-electron chi connectivity index (χ3n) is 5.46. The van der Waals surface area contributed by atoms with Crippen LogP contribution in [0.1, 0.15) is 34.5 Å². The monoisotopic (exact) mass is 335 g/mol. The van der Waals surface area contributed by atoms with Crippen LogP contribution in [0.3, 0.4) is 0 Å². The lowest BCUT2D eigenvalue weighted by atomic mass is 9.73. The summed E-state index contributed by atoms with van der Waals surface area (Å²) in [6.07, 6.45) is 3.76. The van der Waals surface area contributed by atoms with Crippen molar-refractivity contribution in [1.82, 2.24) is 15.2 Å². The molecule has 0 bridgehead atoms. The molecule has 3 heterocycles. The van der Waals surface area contributed by atoms with Crippen molar-refractivity contribution in [3.8, 4) is 0 Å². The Morgan fingerprint density at radius 2 is 1.76 bits per heavy atom. The van der Waals surface area contributed by atoms with Crippen LogP contribution in [-0.4, -0.2) is 34.8 Å². The van der Waals surface area contributed by atoms with Crippen molar-refractivity contribution < 1.29 is 9.59 Å². The highest BCUT2D eigenvalue weighted by molar-refractivity contribution is 5.92. The van der Waals surface area contributed by atoms with Gasteiger partial charge in [-0.25, -0.2) is 0 Å². The van der Waals surface area contributed by atoms with Crippen LogP contribution in [0, 0.1) is 5.41 Å². The number of pyridine rings is 1. The predicted octanol–water partition coefficient (Wildman–Crippen LogP) is 2.18. The quantitative estimate of drug-likeness (QED) is 0.869. The molecule has 1 aromatic heterocycles. The second-order valence-electron chi connectivity index (χ2n) is 6.92. The van der Waals surface area contributed by atoms with E-state index in [4.69, 9.17) is 0 Å². The Morgan fingerprint density at radius 1 is 1.04 bits per heavy atom. The number of nitrogens with zero attached hydrogens (tertiary/aromatic N) is 2. The van der Waals surface area contributed by atoms with Crippen LogP contribution in [0.15, 0.2) is 48.7 Å². The van der Waals surface area contributed by atoms with Crippen LogP contribution in [0.2, 0.25) is 0 Å². The van der Waals surface area contributed by atoms with E-state index in [0.717, 1.165) is 6.42 Å². The fourth-order valence-corrected chi connectivity index (χ4v) is 3.90. The number of aromatic nitrogens is 1. The topological polar surface area (TPSA) is 62.3 Å². The molecule has 4 rings (SSSR count). The molecule has 2 amide bonds. The molecule has 0 atom stereocenters. The SMILES string of the molecule is O=C(c1ccccn1)N1CCC2(CC1)Cc1ccccc1CNC2=O. The molecule has 128 valence electrons. The third-order valence-corrected chi connectivity index (χ3v) is 5.46. The van der Waals surface area contributed by atoms with E-state index in [9.17, 15) is 9.59 Å². The van der Waals surface area contributed by atoms with E-state index in [-0.39, 0.29) is 11.8 Å². The van der Waals surface area contributed by atoms with Gasteiger partial charge in [0.2, 0.25) is 5.91 Å². The van der Waals surface area contributed by atoms with Gasteiger partial charge in [0, 0.05) is 25.8 Å². The number of hydrogen-bond donors (Lipinski definition) is 1. The average molecular weight is 335 g/mol. The zero-order valence-electron chi connectivity index (χ0n) is 14.1. The predicted molar refractivity (Wildman–Crippen MR) is 93.8 cm³/mol. The first-order valence-electron chi connectivity index (χ1n) is 8.73. The molecule has 0 saturated carbocycles. The van der Waals surface area contributed by atoms with E-state index in [0.29, 0.717) is 38.2 Å². The lowest BCUT2D eigenvalue weighted by Gasteiger charge is -2.40. The minimum absolute atomic E-state index is 0.0510. The summed E-state index contributed by atoms with van der Waals surface area (Å²) in [5, 5.41) is 3.08. The van der Waals surface area contributed by atoms with E-state index >= 15 is 0 Å². The van der Waals surface area contributed by atoms with E-state index in [1.807, 2.05) is 23.1 Å². The van der Waals surface area contributed by atoms with Crippen molar-refractivity contribution in [3.05, 3.63) is 65.5 Å². The Morgan fingerprint density at radius 3 is 2.48 bits per heavy atom. The van der Waals surface area contributed by atoms with E-state index < -0.39 is 5.41 Å². The maximum absolute atomic E-state index is 12.8. The molecule has 5 heteroatoms. The van der Waals surface area contributed by atoms with Crippen molar-refractivity contribution in [2.45, 2.75) is 25.8 Å². The summed E-state index contributed by atoms with van der Waals surface area (Å²) >= 11 is 0. The minimum Gasteiger partial charge on any atom is -0.352 e. The zero-order valence-corrected chi connectivity index (χ0v) is 14.1. The largest absolute Gasteiger partial charge is 0.352 e. The van der Waals surface area contributed by atoms with E-state index in [1.165, 1.54) is 11.1 Å². The van der Waals surface area contributed by atoms with Gasteiger partial charge in [0.05, 0.1) is 5.41 Å². The van der Waals surface area contributed by atoms with Gasteiger partial charge in [-0.2, -0.15) is 0 Å². The Balaban J connectivity index is 1.52. The van der Waals surface area contributed by atoms with E-state index in [2.05, 4.69) is 22.4 Å². The number of piperidine rings is 1. The normalized spacial score (nSPS) is 19.0. The van der Waals surface area contributed by atoms with Crippen molar-refractivity contribution in [2.75, 3.05) is 13.1 Å². The highest BCUT2D eigenvalue weighted by atomic mass is 16.2. The molecule has 2 aromatic rings. The van der Waals surface area contributed by atoms with Crippen LogP contribution >= 0.6 is 0 Å². The van der Waals surface area contributed by atoms with E-state index in [1.54, 1.807) is 18.3 Å². The maximum Gasteiger partial charge on any atom is 0.272 e. The molecule has 1 saturated heterocycles. The molecule has 0 radical (unpaired) electrons. The summed E-state index contributed by atoms with van der Waals surface area (Å²) in [7, 11) is 0. The first-order valence-corrected chi connectivity index (χ1v) is 8.73. The number of likely N-dealkylation sites (tertiary alicyclic amines) is 1. The summed E-state index contributed by atoms with van der Waals surface area (Å²) < 4.78 is 0. The van der Waals surface area contributed by atoms with Gasteiger partial charge in [-0.1, -0.05) is 30.3 Å². The molecule has 25 heavy (non-hydrogen) atoms. The Labute approximate surface area is 147 Å². The molecule has 1 N–H and O–H groups in total. The number of rotatable bonds is 1. The zero-order chi connectivity index (χ0) is 17.3. The highest BCUT2D eigenvalue weighted by Gasteiger charge is 2.43. The van der Waals surface area contributed by atoms with Crippen LogP contribution in [0.4, 0.5) is 0 Å². The standard InChI is InChI=1S/C20H21N3O2/c24-18(17-7-3-4-10-21-17)23-11-8-20(9-12-23)13-15-5-1-2-6-16(15)14-22-19(20)25/h1-7,10H,8-9,11-14H2,(H,22,25). The third kappa shape index (κ3) is 2.90. The van der Waals surface area contributed by atoms with Crippen LogP contribution in [-0.2, 0) is 17.8 Å². The minimum atomic E-state index is -0.409. The fraction of sp³-hybridized carbons (Fsp3) is 0.350. The second-order valence-corrected chi connectivity index (χ2v) is 6.92.